The highest BCUT2D eigenvalue weighted by Gasteiger charge is 2.15. The van der Waals surface area contributed by atoms with Gasteiger partial charge in [0.2, 0.25) is 0 Å². The number of thioether (sulfide) groups is 1. The van der Waals surface area contributed by atoms with E-state index in [1.165, 1.54) is 58.0 Å². The molecule has 0 aliphatic heterocycles. The molecule has 1 aromatic heterocycles. The zero-order valence-electron chi connectivity index (χ0n) is 12.4. The molecule has 0 amide bonds. The predicted molar refractivity (Wildman–Crippen MR) is 98.3 cm³/mol. The van der Waals surface area contributed by atoms with Gasteiger partial charge in [-0.05, 0) is 48.8 Å². The van der Waals surface area contributed by atoms with Crippen LogP contribution in [0.15, 0.2) is 23.1 Å². The van der Waals surface area contributed by atoms with Crippen LogP contribution < -0.4 is 0 Å². The van der Waals surface area contributed by atoms with Crippen LogP contribution >= 0.6 is 39.0 Å². The van der Waals surface area contributed by atoms with E-state index in [2.05, 4.69) is 34.1 Å². The molecule has 1 aliphatic rings. The van der Waals surface area contributed by atoms with Crippen molar-refractivity contribution in [2.45, 2.75) is 30.6 Å². The van der Waals surface area contributed by atoms with Crippen LogP contribution in [0.2, 0.25) is 0 Å². The summed E-state index contributed by atoms with van der Waals surface area (Å²) >= 11 is 6.00. The summed E-state index contributed by atoms with van der Waals surface area (Å²) in [6.45, 7) is 0. The maximum atomic E-state index is 10.6. The minimum absolute atomic E-state index is 0.0347. The van der Waals surface area contributed by atoms with E-state index in [1.807, 2.05) is 11.3 Å². The first-order chi connectivity index (χ1) is 11.0. The molecule has 23 heavy (non-hydrogen) atoms. The van der Waals surface area contributed by atoms with E-state index in [1.54, 1.807) is 0 Å². The minimum atomic E-state index is -0.829. The lowest BCUT2D eigenvalue weighted by molar-refractivity contribution is -0.134. The Morgan fingerprint density at radius 3 is 2.52 bits per heavy atom. The van der Waals surface area contributed by atoms with Crippen LogP contribution in [0.3, 0.4) is 0 Å². The molecule has 0 radical (unpaired) electrons. The molecule has 2 N–H and O–H groups in total. The summed E-state index contributed by atoms with van der Waals surface area (Å²) in [7, 11) is 0. The van der Waals surface area contributed by atoms with Crippen molar-refractivity contribution >= 4 is 61.1 Å². The molecule has 4 nitrogen and oxygen atoms in total. The van der Waals surface area contributed by atoms with Crippen molar-refractivity contribution in [3.63, 3.8) is 0 Å². The number of fused-ring (bicyclic) bond motifs is 3. The molecule has 0 saturated carbocycles. The van der Waals surface area contributed by atoms with Gasteiger partial charge in [-0.3, -0.25) is 9.59 Å². The normalized spacial score (nSPS) is 13.1. The number of aryl methyl sites for hydroxylation is 2. The predicted octanol–water partition coefficient (Wildman–Crippen LogP) is 4.42. The Balaban J connectivity index is 0.000000338. The van der Waals surface area contributed by atoms with Crippen molar-refractivity contribution in [2.24, 2.45) is 0 Å². The molecule has 0 fully saturated rings. The summed E-state index contributed by atoms with van der Waals surface area (Å²) in [5.41, 5.74) is 1.54. The molecule has 1 heterocycles. The highest BCUT2D eigenvalue weighted by molar-refractivity contribution is 9.09. The third kappa shape index (κ3) is 5.22. The molecule has 2 aromatic rings. The van der Waals surface area contributed by atoms with Crippen LogP contribution in [0.5, 0.6) is 0 Å². The third-order valence-electron chi connectivity index (χ3n) is 3.41. The number of rotatable bonds is 4. The highest BCUT2D eigenvalue weighted by atomic mass is 79.9. The lowest BCUT2D eigenvalue weighted by Gasteiger charge is -2.10. The van der Waals surface area contributed by atoms with E-state index in [9.17, 15) is 9.59 Å². The van der Waals surface area contributed by atoms with E-state index in [0.29, 0.717) is 0 Å². The molecule has 0 unspecified atom stereocenters. The molecule has 0 atom stereocenters. The Labute approximate surface area is 151 Å². The van der Waals surface area contributed by atoms with Gasteiger partial charge in [-0.25, -0.2) is 0 Å². The van der Waals surface area contributed by atoms with Crippen molar-refractivity contribution in [3.05, 3.63) is 28.6 Å². The van der Waals surface area contributed by atoms with Gasteiger partial charge in [0.05, 0.1) is 5.75 Å². The Kier molecular flexibility index (Phi) is 6.92. The van der Waals surface area contributed by atoms with Gasteiger partial charge in [-0.1, -0.05) is 22.0 Å². The number of carboxylic acids is 2. The topological polar surface area (TPSA) is 74.6 Å². The van der Waals surface area contributed by atoms with Crippen molar-refractivity contribution in [1.29, 1.82) is 0 Å². The first-order valence-corrected chi connectivity index (χ1v) is 10.1. The minimum Gasteiger partial charge on any atom is -0.481 e. The van der Waals surface area contributed by atoms with Crippen molar-refractivity contribution in [2.75, 3.05) is 11.1 Å². The number of carbonyl (C=O) groups is 2. The second kappa shape index (κ2) is 8.70. The summed E-state index contributed by atoms with van der Waals surface area (Å²) in [6.07, 6.45) is 5.03. The molecule has 124 valence electrons. The van der Waals surface area contributed by atoms with Gasteiger partial charge in [-0.2, -0.15) is 0 Å². The lowest BCUT2D eigenvalue weighted by Crippen LogP contribution is -1.98. The molecule has 7 heteroatoms. The van der Waals surface area contributed by atoms with Crippen LogP contribution in [-0.2, 0) is 22.4 Å². The average molecular weight is 417 g/mol. The van der Waals surface area contributed by atoms with Crippen LogP contribution in [0.4, 0.5) is 0 Å². The zero-order chi connectivity index (χ0) is 16.8. The number of halogens is 1. The molecule has 1 aliphatic carbocycles. The molecule has 3 rings (SSSR count). The number of alkyl halides is 1. The van der Waals surface area contributed by atoms with E-state index in [0.717, 1.165) is 4.90 Å². The summed E-state index contributed by atoms with van der Waals surface area (Å²) < 4.78 is 1.32. The van der Waals surface area contributed by atoms with E-state index < -0.39 is 11.9 Å². The number of benzene rings is 1. The molecular formula is C16H17BrO4S2. The summed E-state index contributed by atoms with van der Waals surface area (Å²) in [5, 5.41) is 17.8. The van der Waals surface area contributed by atoms with Crippen molar-refractivity contribution in [3.8, 4) is 0 Å². The Hall–Kier alpha value is -1.05. The first kappa shape index (κ1) is 18.3. The Bertz CT molecular complexity index is 711. The zero-order valence-corrected chi connectivity index (χ0v) is 15.6. The van der Waals surface area contributed by atoms with E-state index >= 15 is 0 Å². The smallest absolute Gasteiger partial charge is 0.314 e. The quantitative estimate of drug-likeness (QED) is 0.569. The van der Waals surface area contributed by atoms with Gasteiger partial charge in [0, 0.05) is 14.5 Å². The van der Waals surface area contributed by atoms with Crippen LogP contribution in [0, 0.1) is 0 Å². The van der Waals surface area contributed by atoms with Crippen LogP contribution in [0.1, 0.15) is 23.3 Å². The van der Waals surface area contributed by atoms with Gasteiger partial charge < -0.3 is 10.2 Å². The third-order valence-corrected chi connectivity index (χ3v) is 6.12. The highest BCUT2D eigenvalue weighted by Crippen LogP contribution is 2.38. The first-order valence-electron chi connectivity index (χ1n) is 7.18. The van der Waals surface area contributed by atoms with Gasteiger partial charge >= 0.3 is 11.9 Å². The van der Waals surface area contributed by atoms with E-state index in [-0.39, 0.29) is 11.1 Å². The maximum Gasteiger partial charge on any atom is 0.314 e. The molecule has 0 spiro atoms. The largest absolute Gasteiger partial charge is 0.481 e. The fourth-order valence-electron chi connectivity index (χ4n) is 2.48. The molecular weight excluding hydrogens is 400 g/mol. The number of thiophene rings is 1. The monoisotopic (exact) mass is 416 g/mol. The summed E-state index contributed by atoms with van der Waals surface area (Å²) in [5.74, 6) is -1.45. The fourth-order valence-corrected chi connectivity index (χ4v) is 4.54. The second-order valence-electron chi connectivity index (χ2n) is 5.08. The molecule has 1 aromatic carbocycles. The van der Waals surface area contributed by atoms with Crippen LogP contribution in [-0.4, -0.2) is 33.2 Å². The van der Waals surface area contributed by atoms with Gasteiger partial charge in [-0.15, -0.1) is 23.1 Å². The van der Waals surface area contributed by atoms with E-state index in [4.69, 9.17) is 10.2 Å². The molecule has 0 bridgehead atoms. The number of hydrogen-bond acceptors (Lipinski definition) is 4. The van der Waals surface area contributed by atoms with Gasteiger partial charge in [0.1, 0.15) is 5.33 Å². The van der Waals surface area contributed by atoms with Gasteiger partial charge in [0.15, 0.2) is 0 Å². The van der Waals surface area contributed by atoms with Crippen molar-refractivity contribution in [1.82, 2.24) is 0 Å². The Morgan fingerprint density at radius 1 is 1.17 bits per heavy atom. The molecule has 0 saturated heterocycles. The average Bonchev–Trinajstić information content (AvgIpc) is 2.91. The number of hydrogen-bond donors (Lipinski definition) is 2. The number of carboxylic acid groups (broad SMARTS) is 2. The number of aliphatic carboxylic acids is 2. The van der Waals surface area contributed by atoms with Gasteiger partial charge in [0.25, 0.3) is 0 Å². The van der Waals surface area contributed by atoms with Crippen LogP contribution in [0.25, 0.3) is 10.1 Å². The lowest BCUT2D eigenvalue weighted by atomic mass is 9.96. The SMILES string of the molecule is O=C(O)CBr.O=C(O)CSc1ccc2c3c(sc2c1)CCCC3. The Morgan fingerprint density at radius 2 is 1.87 bits per heavy atom. The summed E-state index contributed by atoms with van der Waals surface area (Å²) in [4.78, 5) is 22.5. The standard InChI is InChI=1S/C14H14O2S2.C2H3BrO2/c15-14(16)8-17-9-5-6-11-10-3-1-2-4-12(10)18-13(11)7-9;3-1-2(4)5/h5-7H,1-4,8H2,(H,15,16);1H2,(H,4,5). The van der Waals surface area contributed by atoms with Crippen molar-refractivity contribution < 1.29 is 19.8 Å². The fraction of sp³-hybridized carbons (Fsp3) is 0.375. The second-order valence-corrected chi connectivity index (χ2v) is 7.82. The maximum absolute atomic E-state index is 10.6. The summed E-state index contributed by atoms with van der Waals surface area (Å²) in [6, 6.07) is 6.36.